The molecule has 21 heavy (non-hydrogen) atoms. The summed E-state index contributed by atoms with van der Waals surface area (Å²) in [5, 5.41) is 10.7. The minimum absolute atomic E-state index is 0.269. The Bertz CT molecular complexity index is 751. The maximum absolute atomic E-state index is 9.64. The molecule has 1 aliphatic rings. The lowest BCUT2D eigenvalue weighted by Gasteiger charge is -2.16. The Kier molecular flexibility index (Phi) is 2.86. The van der Waals surface area contributed by atoms with Gasteiger partial charge < -0.3 is 14.4 Å². The van der Waals surface area contributed by atoms with Gasteiger partial charge in [0.1, 0.15) is 11.4 Å². The number of furan rings is 1. The van der Waals surface area contributed by atoms with E-state index in [4.69, 9.17) is 4.42 Å². The Balaban J connectivity index is 1.71. The van der Waals surface area contributed by atoms with Gasteiger partial charge in [-0.2, -0.15) is 0 Å². The van der Waals surface area contributed by atoms with Crippen LogP contribution >= 0.6 is 0 Å². The van der Waals surface area contributed by atoms with Crippen molar-refractivity contribution in [3.63, 3.8) is 0 Å². The van der Waals surface area contributed by atoms with E-state index >= 15 is 0 Å². The average Bonchev–Trinajstić information content (AvgIpc) is 3.13. The molecule has 0 spiro atoms. The van der Waals surface area contributed by atoms with E-state index in [1.165, 1.54) is 0 Å². The number of fused-ring (bicyclic) bond motifs is 1. The van der Waals surface area contributed by atoms with Crippen LogP contribution in [0.2, 0.25) is 0 Å². The quantitative estimate of drug-likeness (QED) is 0.781. The van der Waals surface area contributed by atoms with Crippen LogP contribution in [0.5, 0.6) is 0 Å². The molecule has 106 valence electrons. The summed E-state index contributed by atoms with van der Waals surface area (Å²) in [5.41, 5.74) is 0.832. The summed E-state index contributed by atoms with van der Waals surface area (Å²) in [6, 6.07) is 11.7. The zero-order valence-corrected chi connectivity index (χ0v) is 11.4. The number of aliphatic hydroxyl groups excluding tert-OH is 1. The average molecular weight is 281 g/mol. The molecule has 0 bridgehead atoms. The van der Waals surface area contributed by atoms with Crippen LogP contribution in [0, 0.1) is 0 Å². The molecule has 1 fully saturated rings. The van der Waals surface area contributed by atoms with E-state index < -0.39 is 0 Å². The maximum atomic E-state index is 9.64. The Labute approximate surface area is 121 Å². The number of β-amino-alcohol motifs (C(OH)–C–C–N with tert-alkyl or cyclic N) is 1. The van der Waals surface area contributed by atoms with E-state index in [0.29, 0.717) is 18.1 Å². The van der Waals surface area contributed by atoms with Crippen molar-refractivity contribution >= 4 is 16.8 Å². The lowest BCUT2D eigenvalue weighted by molar-refractivity contribution is 0.198. The second-order valence-corrected chi connectivity index (χ2v) is 5.28. The second kappa shape index (κ2) is 4.86. The minimum atomic E-state index is -0.269. The van der Waals surface area contributed by atoms with Gasteiger partial charge >= 0.3 is 0 Å². The molecule has 5 heteroatoms. The first-order valence-electron chi connectivity index (χ1n) is 7.04. The normalized spacial score (nSPS) is 18.5. The molecule has 4 rings (SSSR count). The molecule has 1 saturated heterocycles. The summed E-state index contributed by atoms with van der Waals surface area (Å²) in [5.74, 6) is 2.07. The van der Waals surface area contributed by atoms with E-state index in [0.717, 1.165) is 29.8 Å². The summed E-state index contributed by atoms with van der Waals surface area (Å²) < 4.78 is 5.80. The van der Waals surface area contributed by atoms with Gasteiger partial charge in [-0.3, -0.25) is 0 Å². The van der Waals surface area contributed by atoms with Gasteiger partial charge in [0, 0.05) is 24.7 Å². The van der Waals surface area contributed by atoms with Crippen molar-refractivity contribution in [1.29, 1.82) is 0 Å². The molecular weight excluding hydrogens is 266 g/mol. The Morgan fingerprint density at radius 1 is 1.24 bits per heavy atom. The molecule has 2 aromatic heterocycles. The standard InChI is InChI=1S/C16H15N3O2/c20-12-6-8-19(10-12)15-5-7-17-16(18-15)14-9-11-3-1-2-4-13(11)21-14/h1-5,7,9,12,20H,6,8,10H2/t12-/m1/s1. The van der Waals surface area contributed by atoms with Gasteiger partial charge in [-0.15, -0.1) is 0 Å². The highest BCUT2D eigenvalue weighted by atomic mass is 16.3. The largest absolute Gasteiger partial charge is 0.453 e. The maximum Gasteiger partial charge on any atom is 0.197 e. The third kappa shape index (κ3) is 2.25. The molecule has 3 aromatic rings. The smallest absolute Gasteiger partial charge is 0.197 e. The van der Waals surface area contributed by atoms with E-state index in [9.17, 15) is 5.11 Å². The first-order valence-corrected chi connectivity index (χ1v) is 7.04. The van der Waals surface area contributed by atoms with Gasteiger partial charge in [0.15, 0.2) is 11.6 Å². The molecule has 1 aromatic carbocycles. The molecule has 1 atom stereocenters. The van der Waals surface area contributed by atoms with E-state index in [1.54, 1.807) is 6.20 Å². The summed E-state index contributed by atoms with van der Waals surface area (Å²) in [7, 11) is 0. The molecular formula is C16H15N3O2. The molecule has 0 radical (unpaired) electrons. The first kappa shape index (κ1) is 12.3. The highest BCUT2D eigenvalue weighted by Gasteiger charge is 2.22. The zero-order chi connectivity index (χ0) is 14.2. The number of hydrogen-bond donors (Lipinski definition) is 1. The summed E-state index contributed by atoms with van der Waals surface area (Å²) >= 11 is 0. The fourth-order valence-electron chi connectivity index (χ4n) is 2.69. The van der Waals surface area contributed by atoms with Crippen LogP contribution in [0.25, 0.3) is 22.6 Å². The van der Waals surface area contributed by atoms with Crippen LogP contribution in [0.3, 0.4) is 0 Å². The summed E-state index contributed by atoms with van der Waals surface area (Å²) in [4.78, 5) is 10.9. The van der Waals surface area contributed by atoms with E-state index in [-0.39, 0.29) is 6.10 Å². The molecule has 1 aliphatic heterocycles. The number of para-hydroxylation sites is 1. The number of nitrogens with zero attached hydrogens (tertiary/aromatic N) is 3. The third-order valence-electron chi connectivity index (χ3n) is 3.77. The number of aliphatic hydroxyl groups is 1. The van der Waals surface area contributed by atoms with Crippen LogP contribution in [0.1, 0.15) is 6.42 Å². The van der Waals surface area contributed by atoms with Gasteiger partial charge in [0.05, 0.1) is 6.10 Å². The number of hydrogen-bond acceptors (Lipinski definition) is 5. The lowest BCUT2D eigenvalue weighted by atomic mass is 10.2. The first-order chi connectivity index (χ1) is 10.3. The van der Waals surface area contributed by atoms with Crippen LogP contribution < -0.4 is 4.90 Å². The fourth-order valence-corrected chi connectivity index (χ4v) is 2.69. The molecule has 0 amide bonds. The molecule has 5 nitrogen and oxygen atoms in total. The van der Waals surface area contributed by atoms with Gasteiger partial charge in [0.2, 0.25) is 0 Å². The monoisotopic (exact) mass is 281 g/mol. The Morgan fingerprint density at radius 3 is 2.95 bits per heavy atom. The predicted octanol–water partition coefficient (Wildman–Crippen LogP) is 2.46. The zero-order valence-electron chi connectivity index (χ0n) is 11.4. The minimum Gasteiger partial charge on any atom is -0.453 e. The number of benzene rings is 1. The summed E-state index contributed by atoms with van der Waals surface area (Å²) in [6.45, 7) is 1.44. The van der Waals surface area contributed by atoms with E-state index in [2.05, 4.69) is 14.9 Å². The van der Waals surface area contributed by atoms with Crippen molar-refractivity contribution < 1.29 is 9.52 Å². The number of anilines is 1. The van der Waals surface area contributed by atoms with Crippen LogP contribution in [-0.2, 0) is 0 Å². The number of aromatic nitrogens is 2. The summed E-state index contributed by atoms with van der Waals surface area (Å²) in [6.07, 6.45) is 2.24. The van der Waals surface area contributed by atoms with Crippen LogP contribution in [0.15, 0.2) is 47.0 Å². The molecule has 3 heterocycles. The van der Waals surface area contributed by atoms with Gasteiger partial charge in [-0.05, 0) is 24.6 Å². The van der Waals surface area contributed by atoms with Crippen LogP contribution in [-0.4, -0.2) is 34.3 Å². The van der Waals surface area contributed by atoms with Crippen molar-refractivity contribution in [2.24, 2.45) is 0 Å². The molecule has 0 saturated carbocycles. The predicted molar refractivity (Wildman–Crippen MR) is 80.1 cm³/mol. The van der Waals surface area contributed by atoms with Crippen molar-refractivity contribution in [2.75, 3.05) is 18.0 Å². The topological polar surface area (TPSA) is 62.4 Å². The second-order valence-electron chi connectivity index (χ2n) is 5.28. The van der Waals surface area contributed by atoms with Crippen molar-refractivity contribution in [3.8, 4) is 11.6 Å². The number of rotatable bonds is 2. The van der Waals surface area contributed by atoms with Crippen molar-refractivity contribution in [1.82, 2.24) is 9.97 Å². The Morgan fingerprint density at radius 2 is 2.14 bits per heavy atom. The molecule has 1 N–H and O–H groups in total. The highest BCUT2D eigenvalue weighted by Crippen LogP contribution is 2.27. The highest BCUT2D eigenvalue weighted by molar-refractivity contribution is 5.81. The van der Waals surface area contributed by atoms with Crippen LogP contribution in [0.4, 0.5) is 5.82 Å². The van der Waals surface area contributed by atoms with Crippen molar-refractivity contribution in [3.05, 3.63) is 42.6 Å². The Hall–Kier alpha value is -2.40. The third-order valence-corrected chi connectivity index (χ3v) is 3.77. The van der Waals surface area contributed by atoms with Gasteiger partial charge in [-0.25, -0.2) is 9.97 Å². The van der Waals surface area contributed by atoms with Gasteiger partial charge in [-0.1, -0.05) is 18.2 Å². The van der Waals surface area contributed by atoms with Crippen molar-refractivity contribution in [2.45, 2.75) is 12.5 Å². The lowest BCUT2D eigenvalue weighted by Crippen LogP contribution is -2.22. The SMILES string of the molecule is O[C@@H]1CCN(c2ccnc(-c3cc4ccccc4o3)n2)C1. The van der Waals surface area contributed by atoms with Gasteiger partial charge in [0.25, 0.3) is 0 Å². The van der Waals surface area contributed by atoms with E-state index in [1.807, 2.05) is 36.4 Å². The molecule has 0 unspecified atom stereocenters. The molecule has 0 aliphatic carbocycles. The fraction of sp³-hybridized carbons (Fsp3) is 0.250.